The zero-order valence-electron chi connectivity index (χ0n) is 11.5. The summed E-state index contributed by atoms with van der Waals surface area (Å²) in [4.78, 5) is 0.501. The van der Waals surface area contributed by atoms with Gasteiger partial charge in [-0.25, -0.2) is 0 Å². The molecule has 0 heterocycles. The van der Waals surface area contributed by atoms with Gasteiger partial charge in [-0.05, 0) is 41.2 Å². The first-order valence-electron chi connectivity index (χ1n) is 7.38. The van der Waals surface area contributed by atoms with E-state index in [-0.39, 0.29) is 0 Å². The summed E-state index contributed by atoms with van der Waals surface area (Å²) >= 11 is 3.94. The molecule has 1 atom stereocenters. The maximum absolute atomic E-state index is 3.94. The Bertz CT molecular complexity index is 567. The SMILES string of the molecule is Cc1ccc(C(Br)CC2CCCC2)c2ccccc12. The molecule has 2 aromatic rings. The summed E-state index contributed by atoms with van der Waals surface area (Å²) in [6, 6.07) is 13.4. The van der Waals surface area contributed by atoms with E-state index in [4.69, 9.17) is 0 Å². The molecule has 100 valence electrons. The summed E-state index contributed by atoms with van der Waals surface area (Å²) in [6.07, 6.45) is 6.99. The Morgan fingerprint density at radius 3 is 2.47 bits per heavy atom. The van der Waals surface area contributed by atoms with Gasteiger partial charge in [-0.3, -0.25) is 0 Å². The fourth-order valence-electron chi connectivity index (χ4n) is 3.41. The second-order valence-corrected chi connectivity index (χ2v) is 6.98. The highest BCUT2D eigenvalue weighted by Crippen LogP contribution is 2.39. The molecular weight excluding hydrogens is 296 g/mol. The van der Waals surface area contributed by atoms with Gasteiger partial charge in [-0.1, -0.05) is 78.0 Å². The summed E-state index contributed by atoms with van der Waals surface area (Å²) in [5.74, 6) is 0.921. The van der Waals surface area contributed by atoms with Crippen molar-refractivity contribution in [1.29, 1.82) is 0 Å². The molecule has 1 heteroatoms. The number of alkyl halides is 1. The van der Waals surface area contributed by atoms with Crippen molar-refractivity contribution in [2.24, 2.45) is 5.92 Å². The molecule has 0 radical (unpaired) electrons. The lowest BCUT2D eigenvalue weighted by molar-refractivity contribution is 0.502. The van der Waals surface area contributed by atoms with Crippen molar-refractivity contribution in [3.63, 3.8) is 0 Å². The van der Waals surface area contributed by atoms with Gasteiger partial charge in [0.15, 0.2) is 0 Å². The number of fused-ring (bicyclic) bond motifs is 1. The molecule has 0 amide bonds. The van der Waals surface area contributed by atoms with Crippen molar-refractivity contribution < 1.29 is 0 Å². The normalized spacial score (nSPS) is 18.0. The van der Waals surface area contributed by atoms with E-state index < -0.39 is 0 Å². The summed E-state index contributed by atoms with van der Waals surface area (Å²) < 4.78 is 0. The molecule has 2 aromatic carbocycles. The molecule has 0 saturated heterocycles. The monoisotopic (exact) mass is 316 g/mol. The maximum Gasteiger partial charge on any atom is 0.0404 e. The van der Waals surface area contributed by atoms with Crippen LogP contribution in [0.1, 0.15) is 48.1 Å². The highest BCUT2D eigenvalue weighted by atomic mass is 79.9. The van der Waals surface area contributed by atoms with Crippen molar-refractivity contribution >= 4 is 26.7 Å². The third kappa shape index (κ3) is 2.72. The average molecular weight is 317 g/mol. The summed E-state index contributed by atoms with van der Waals surface area (Å²) in [7, 11) is 0. The van der Waals surface area contributed by atoms with Crippen LogP contribution in [0, 0.1) is 12.8 Å². The molecule has 0 bridgehead atoms. The Labute approximate surface area is 124 Å². The molecular formula is C18H21Br. The number of aryl methyl sites for hydroxylation is 1. The van der Waals surface area contributed by atoms with Gasteiger partial charge in [-0.2, -0.15) is 0 Å². The molecule has 3 rings (SSSR count). The number of hydrogen-bond acceptors (Lipinski definition) is 0. The van der Waals surface area contributed by atoms with Crippen molar-refractivity contribution in [2.75, 3.05) is 0 Å². The Morgan fingerprint density at radius 1 is 1.05 bits per heavy atom. The first kappa shape index (κ1) is 13.2. The van der Waals surface area contributed by atoms with Crippen LogP contribution in [0.4, 0.5) is 0 Å². The minimum Gasteiger partial charge on any atom is -0.0838 e. The van der Waals surface area contributed by atoms with Gasteiger partial charge in [0.2, 0.25) is 0 Å². The van der Waals surface area contributed by atoms with Crippen LogP contribution in [0.5, 0.6) is 0 Å². The van der Waals surface area contributed by atoms with Crippen LogP contribution in [0.3, 0.4) is 0 Å². The van der Waals surface area contributed by atoms with Crippen LogP contribution in [0.25, 0.3) is 10.8 Å². The van der Waals surface area contributed by atoms with Crippen LogP contribution in [-0.4, -0.2) is 0 Å². The fraction of sp³-hybridized carbons (Fsp3) is 0.444. The largest absolute Gasteiger partial charge is 0.0838 e. The molecule has 0 nitrogen and oxygen atoms in total. The van der Waals surface area contributed by atoms with Gasteiger partial charge in [-0.15, -0.1) is 0 Å². The first-order chi connectivity index (χ1) is 9.25. The van der Waals surface area contributed by atoms with Gasteiger partial charge in [0, 0.05) is 4.83 Å². The fourth-order valence-corrected chi connectivity index (χ4v) is 4.34. The third-order valence-electron chi connectivity index (χ3n) is 4.53. The van der Waals surface area contributed by atoms with Crippen molar-refractivity contribution in [3.05, 3.63) is 47.5 Å². The van der Waals surface area contributed by atoms with E-state index >= 15 is 0 Å². The molecule has 1 aliphatic carbocycles. The Morgan fingerprint density at radius 2 is 1.74 bits per heavy atom. The molecule has 1 aliphatic rings. The van der Waals surface area contributed by atoms with Gasteiger partial charge < -0.3 is 0 Å². The number of hydrogen-bond donors (Lipinski definition) is 0. The molecule has 1 fully saturated rings. The van der Waals surface area contributed by atoms with Crippen LogP contribution >= 0.6 is 15.9 Å². The standard InChI is InChI=1S/C18H21Br/c1-13-10-11-17(16-9-5-4-8-15(13)16)18(19)12-14-6-2-3-7-14/h4-5,8-11,14,18H,2-3,6-7,12H2,1H3. The highest BCUT2D eigenvalue weighted by Gasteiger charge is 2.20. The molecule has 0 aliphatic heterocycles. The first-order valence-corrected chi connectivity index (χ1v) is 8.29. The maximum atomic E-state index is 3.94. The summed E-state index contributed by atoms with van der Waals surface area (Å²) in [5, 5.41) is 2.82. The zero-order valence-corrected chi connectivity index (χ0v) is 13.1. The minimum atomic E-state index is 0.501. The quantitative estimate of drug-likeness (QED) is 0.594. The topological polar surface area (TPSA) is 0 Å². The average Bonchev–Trinajstić information content (AvgIpc) is 2.92. The molecule has 19 heavy (non-hydrogen) atoms. The lowest BCUT2D eigenvalue weighted by atomic mass is 9.93. The molecule has 0 spiro atoms. The molecule has 1 unspecified atom stereocenters. The second-order valence-electron chi connectivity index (χ2n) is 5.87. The number of benzene rings is 2. The van der Waals surface area contributed by atoms with E-state index in [2.05, 4.69) is 59.3 Å². The van der Waals surface area contributed by atoms with Crippen LogP contribution < -0.4 is 0 Å². The van der Waals surface area contributed by atoms with Crippen LogP contribution in [-0.2, 0) is 0 Å². The minimum absolute atomic E-state index is 0.501. The highest BCUT2D eigenvalue weighted by molar-refractivity contribution is 9.09. The lowest BCUT2D eigenvalue weighted by Gasteiger charge is -2.18. The zero-order chi connectivity index (χ0) is 13.2. The van der Waals surface area contributed by atoms with Crippen molar-refractivity contribution in [3.8, 4) is 0 Å². The second kappa shape index (κ2) is 5.66. The summed E-state index contributed by atoms with van der Waals surface area (Å²) in [6.45, 7) is 2.20. The van der Waals surface area contributed by atoms with E-state index in [0.29, 0.717) is 4.83 Å². The van der Waals surface area contributed by atoms with Gasteiger partial charge in [0.25, 0.3) is 0 Å². The van der Waals surface area contributed by atoms with E-state index in [1.165, 1.54) is 54.0 Å². The number of halogens is 1. The van der Waals surface area contributed by atoms with Crippen molar-refractivity contribution in [2.45, 2.75) is 43.9 Å². The lowest BCUT2D eigenvalue weighted by Crippen LogP contribution is -2.00. The van der Waals surface area contributed by atoms with Crippen LogP contribution in [0.2, 0.25) is 0 Å². The molecule has 1 saturated carbocycles. The molecule has 0 aromatic heterocycles. The molecule has 0 N–H and O–H groups in total. The number of rotatable bonds is 3. The van der Waals surface area contributed by atoms with E-state index in [1.807, 2.05) is 0 Å². The van der Waals surface area contributed by atoms with Gasteiger partial charge >= 0.3 is 0 Å². The predicted molar refractivity (Wildman–Crippen MR) is 86.9 cm³/mol. The van der Waals surface area contributed by atoms with E-state index in [0.717, 1.165) is 5.92 Å². The smallest absolute Gasteiger partial charge is 0.0404 e. The van der Waals surface area contributed by atoms with Crippen LogP contribution in [0.15, 0.2) is 36.4 Å². The third-order valence-corrected chi connectivity index (χ3v) is 5.40. The van der Waals surface area contributed by atoms with Gasteiger partial charge in [0.1, 0.15) is 0 Å². The van der Waals surface area contributed by atoms with E-state index in [1.54, 1.807) is 0 Å². The Kier molecular flexibility index (Phi) is 3.93. The summed E-state index contributed by atoms with van der Waals surface area (Å²) in [5.41, 5.74) is 2.84. The Balaban J connectivity index is 1.93. The predicted octanol–water partition coefficient (Wildman–Crippen LogP) is 6.16. The van der Waals surface area contributed by atoms with E-state index in [9.17, 15) is 0 Å². The Hall–Kier alpha value is -0.820. The van der Waals surface area contributed by atoms with Crippen molar-refractivity contribution in [1.82, 2.24) is 0 Å². The van der Waals surface area contributed by atoms with Gasteiger partial charge in [0.05, 0.1) is 0 Å².